The summed E-state index contributed by atoms with van der Waals surface area (Å²) in [4.78, 5) is 12.4. The normalized spacial score (nSPS) is 31.2. The summed E-state index contributed by atoms with van der Waals surface area (Å²) in [5.74, 6) is 0.908. The first-order valence-corrected chi connectivity index (χ1v) is 6.00. The summed E-state index contributed by atoms with van der Waals surface area (Å²) >= 11 is 11.8. The van der Waals surface area contributed by atoms with E-state index in [0.717, 1.165) is 11.6 Å². The zero-order valence-corrected chi connectivity index (χ0v) is 9.83. The maximum atomic E-state index is 5.99. The maximum absolute atomic E-state index is 5.99. The van der Waals surface area contributed by atoms with Crippen LogP contribution in [-0.2, 0) is 5.54 Å². The Bertz CT molecular complexity index is 589. The van der Waals surface area contributed by atoms with E-state index in [9.17, 15) is 0 Å². The number of hydrogen-bond acceptors (Lipinski definition) is 3. The molecule has 2 aromatic rings. The lowest BCUT2D eigenvalue weighted by atomic mass is 9.50. The van der Waals surface area contributed by atoms with E-state index in [1.54, 1.807) is 0 Å². The summed E-state index contributed by atoms with van der Waals surface area (Å²) in [6.07, 6.45) is 5.52. The first kappa shape index (κ1) is 9.19. The molecule has 5 rings (SSSR count). The van der Waals surface area contributed by atoms with Crippen LogP contribution in [0.3, 0.4) is 0 Å². The molecule has 82 valence electrons. The SMILES string of the molecule is Clc1nc(Cl)c2ncn(C34CC(C3)C4)c2n1. The second-order valence-corrected chi connectivity index (χ2v) is 5.47. The Balaban J connectivity index is 1.99. The molecule has 0 N–H and O–H groups in total. The average Bonchev–Trinajstić information content (AvgIpc) is 2.44. The molecule has 0 spiro atoms. The van der Waals surface area contributed by atoms with Crippen molar-refractivity contribution in [1.82, 2.24) is 19.5 Å². The Morgan fingerprint density at radius 1 is 1.25 bits per heavy atom. The van der Waals surface area contributed by atoms with Crippen molar-refractivity contribution in [2.75, 3.05) is 0 Å². The molecule has 3 aliphatic carbocycles. The summed E-state index contributed by atoms with van der Waals surface area (Å²) < 4.78 is 2.13. The summed E-state index contributed by atoms with van der Waals surface area (Å²) in [5, 5.41) is 0.520. The predicted octanol–water partition coefficient (Wildman–Crippen LogP) is 2.64. The van der Waals surface area contributed by atoms with Gasteiger partial charge in [-0.25, -0.2) is 9.97 Å². The summed E-state index contributed by atoms with van der Waals surface area (Å²) in [6.45, 7) is 0. The fourth-order valence-corrected chi connectivity index (χ4v) is 3.34. The highest BCUT2D eigenvalue weighted by Crippen LogP contribution is 2.62. The molecule has 0 aromatic carbocycles. The highest BCUT2D eigenvalue weighted by molar-refractivity contribution is 6.35. The molecule has 0 radical (unpaired) electrons. The van der Waals surface area contributed by atoms with Gasteiger partial charge in [0.1, 0.15) is 5.52 Å². The van der Waals surface area contributed by atoms with Gasteiger partial charge in [-0.05, 0) is 36.8 Å². The molecule has 3 saturated carbocycles. The molecule has 3 fully saturated rings. The van der Waals surface area contributed by atoms with E-state index >= 15 is 0 Å². The Morgan fingerprint density at radius 3 is 2.62 bits per heavy atom. The van der Waals surface area contributed by atoms with Gasteiger partial charge in [0.25, 0.3) is 0 Å². The summed E-state index contributed by atoms with van der Waals surface area (Å²) in [6, 6.07) is 0. The fourth-order valence-electron chi connectivity index (χ4n) is 2.92. The van der Waals surface area contributed by atoms with Crippen molar-refractivity contribution >= 4 is 34.4 Å². The average molecular weight is 255 g/mol. The Hall–Kier alpha value is -0.870. The monoisotopic (exact) mass is 254 g/mol. The van der Waals surface area contributed by atoms with Crippen LogP contribution < -0.4 is 0 Å². The van der Waals surface area contributed by atoms with E-state index in [1.165, 1.54) is 19.3 Å². The van der Waals surface area contributed by atoms with E-state index in [-0.39, 0.29) is 10.8 Å². The minimum absolute atomic E-state index is 0.186. The smallest absolute Gasteiger partial charge is 0.225 e. The number of imidazole rings is 1. The van der Waals surface area contributed by atoms with Crippen LogP contribution in [0.2, 0.25) is 10.4 Å². The summed E-state index contributed by atoms with van der Waals surface area (Å²) in [5.41, 5.74) is 1.67. The van der Waals surface area contributed by atoms with Gasteiger partial charge in [-0.3, -0.25) is 0 Å². The van der Waals surface area contributed by atoms with Crippen molar-refractivity contribution in [1.29, 1.82) is 0 Å². The van der Waals surface area contributed by atoms with Crippen LogP contribution in [0.4, 0.5) is 0 Å². The van der Waals surface area contributed by atoms with Crippen LogP contribution in [0.1, 0.15) is 19.3 Å². The lowest BCUT2D eigenvalue weighted by Crippen LogP contribution is -2.59. The lowest BCUT2D eigenvalue weighted by Gasteiger charge is -2.62. The second-order valence-electron chi connectivity index (χ2n) is 4.77. The van der Waals surface area contributed by atoms with Gasteiger partial charge in [0.15, 0.2) is 10.8 Å². The van der Waals surface area contributed by atoms with Crippen LogP contribution in [-0.4, -0.2) is 19.5 Å². The topological polar surface area (TPSA) is 43.6 Å². The number of fused-ring (bicyclic) bond motifs is 1. The first-order chi connectivity index (χ1) is 7.68. The van der Waals surface area contributed by atoms with Gasteiger partial charge in [0, 0.05) is 5.54 Å². The van der Waals surface area contributed by atoms with Crippen molar-refractivity contribution in [3.8, 4) is 0 Å². The minimum atomic E-state index is 0.186. The Morgan fingerprint density at radius 2 is 2.00 bits per heavy atom. The predicted molar refractivity (Wildman–Crippen MR) is 60.7 cm³/mol. The van der Waals surface area contributed by atoms with E-state index in [0.29, 0.717) is 10.7 Å². The van der Waals surface area contributed by atoms with Crippen LogP contribution in [0, 0.1) is 5.92 Å². The van der Waals surface area contributed by atoms with Crippen molar-refractivity contribution < 1.29 is 0 Å². The van der Waals surface area contributed by atoms with Crippen molar-refractivity contribution in [3.63, 3.8) is 0 Å². The molecule has 0 atom stereocenters. The van der Waals surface area contributed by atoms with Gasteiger partial charge < -0.3 is 4.57 Å². The third-order valence-electron chi connectivity index (χ3n) is 3.84. The molecule has 2 heterocycles. The van der Waals surface area contributed by atoms with Gasteiger partial charge in [0.05, 0.1) is 6.33 Å². The molecule has 0 amide bonds. The Labute approximate surface area is 102 Å². The molecule has 4 nitrogen and oxygen atoms in total. The van der Waals surface area contributed by atoms with Gasteiger partial charge in [-0.1, -0.05) is 11.6 Å². The molecular weight excluding hydrogens is 247 g/mol. The number of rotatable bonds is 1. The van der Waals surface area contributed by atoms with Crippen LogP contribution in [0.5, 0.6) is 0 Å². The largest absolute Gasteiger partial charge is 0.309 e. The van der Waals surface area contributed by atoms with E-state index in [4.69, 9.17) is 23.2 Å². The zero-order chi connectivity index (χ0) is 10.9. The van der Waals surface area contributed by atoms with Crippen molar-refractivity contribution in [3.05, 3.63) is 16.8 Å². The van der Waals surface area contributed by atoms with Crippen LogP contribution in [0.15, 0.2) is 6.33 Å². The third-order valence-corrected chi connectivity index (χ3v) is 4.28. The fraction of sp³-hybridized carbons (Fsp3) is 0.500. The van der Waals surface area contributed by atoms with Gasteiger partial charge in [0.2, 0.25) is 5.28 Å². The van der Waals surface area contributed by atoms with Gasteiger partial charge in [-0.15, -0.1) is 0 Å². The number of halogens is 2. The molecule has 0 aliphatic heterocycles. The van der Waals surface area contributed by atoms with Crippen LogP contribution >= 0.6 is 23.2 Å². The van der Waals surface area contributed by atoms with Crippen molar-refractivity contribution in [2.45, 2.75) is 24.8 Å². The molecule has 2 bridgehead atoms. The number of hydrogen-bond donors (Lipinski definition) is 0. The highest BCUT2D eigenvalue weighted by Gasteiger charge is 2.58. The molecule has 6 heteroatoms. The number of nitrogens with zero attached hydrogens (tertiary/aromatic N) is 4. The first-order valence-electron chi connectivity index (χ1n) is 5.25. The zero-order valence-electron chi connectivity index (χ0n) is 8.32. The van der Waals surface area contributed by atoms with E-state index in [1.807, 2.05) is 6.33 Å². The quantitative estimate of drug-likeness (QED) is 0.581. The third kappa shape index (κ3) is 0.949. The standard InChI is InChI=1S/C10H8Cl2N4/c11-7-6-8(15-9(12)14-7)16(4-13-6)10-1-5(2-10)3-10/h4-5H,1-3H2. The minimum Gasteiger partial charge on any atom is -0.309 e. The molecule has 0 saturated heterocycles. The van der Waals surface area contributed by atoms with Gasteiger partial charge >= 0.3 is 0 Å². The lowest BCUT2D eigenvalue weighted by molar-refractivity contribution is -0.0862. The molecule has 2 aromatic heterocycles. The summed E-state index contributed by atoms with van der Waals surface area (Å²) in [7, 11) is 0. The Kier molecular flexibility index (Phi) is 1.54. The van der Waals surface area contributed by atoms with E-state index in [2.05, 4.69) is 19.5 Å². The molecule has 3 aliphatic rings. The van der Waals surface area contributed by atoms with Crippen LogP contribution in [0.25, 0.3) is 11.2 Å². The number of aromatic nitrogens is 4. The maximum Gasteiger partial charge on any atom is 0.225 e. The molecule has 16 heavy (non-hydrogen) atoms. The molecule has 0 unspecified atom stereocenters. The van der Waals surface area contributed by atoms with Crippen molar-refractivity contribution in [2.24, 2.45) is 5.92 Å². The second kappa shape index (κ2) is 2.68. The highest BCUT2D eigenvalue weighted by atomic mass is 35.5. The van der Waals surface area contributed by atoms with E-state index < -0.39 is 0 Å². The molecular formula is C10H8Cl2N4. The van der Waals surface area contributed by atoms with Gasteiger partial charge in [-0.2, -0.15) is 4.98 Å².